The number of hydrogen-bond donors (Lipinski definition) is 2. The second kappa shape index (κ2) is 8.77. The van der Waals surface area contributed by atoms with Crippen LogP contribution in [0.2, 0.25) is 0 Å². The van der Waals surface area contributed by atoms with E-state index in [9.17, 15) is 26.3 Å². The fourth-order valence-electron chi connectivity index (χ4n) is 3.69. The number of nitrogens with one attached hydrogen (secondary N) is 1. The SMILES string of the molecule is N#Cc1ccc(C2C[C@@H](COc3ccc(CN)cc3)N[C@H]2C(F)(F)F)cc1C(F)(F)F. The Labute approximate surface area is 174 Å². The molecule has 0 amide bonds. The van der Waals surface area contributed by atoms with Crippen molar-refractivity contribution in [2.75, 3.05) is 6.61 Å². The summed E-state index contributed by atoms with van der Waals surface area (Å²) in [4.78, 5) is 0. The summed E-state index contributed by atoms with van der Waals surface area (Å²) in [5.41, 5.74) is 4.37. The average molecular weight is 443 g/mol. The number of hydrogen-bond acceptors (Lipinski definition) is 4. The van der Waals surface area contributed by atoms with Crippen molar-refractivity contribution in [1.29, 1.82) is 5.26 Å². The second-order valence-electron chi connectivity index (χ2n) is 7.30. The Morgan fingerprint density at radius 3 is 2.29 bits per heavy atom. The van der Waals surface area contributed by atoms with Gasteiger partial charge >= 0.3 is 12.4 Å². The first-order valence-electron chi connectivity index (χ1n) is 9.38. The van der Waals surface area contributed by atoms with E-state index in [1.165, 1.54) is 6.07 Å². The van der Waals surface area contributed by atoms with Crippen molar-refractivity contribution in [2.45, 2.75) is 43.3 Å². The molecular weight excluding hydrogens is 424 g/mol. The van der Waals surface area contributed by atoms with Crippen LogP contribution in [0.1, 0.15) is 34.6 Å². The molecule has 10 heteroatoms. The predicted molar refractivity (Wildman–Crippen MR) is 100 cm³/mol. The van der Waals surface area contributed by atoms with Crippen molar-refractivity contribution >= 4 is 0 Å². The number of benzene rings is 2. The minimum absolute atomic E-state index is 0.0751. The summed E-state index contributed by atoms with van der Waals surface area (Å²) < 4.78 is 86.1. The molecule has 0 radical (unpaired) electrons. The third-order valence-electron chi connectivity index (χ3n) is 5.22. The van der Waals surface area contributed by atoms with Gasteiger partial charge in [0, 0.05) is 18.5 Å². The standard InChI is InChI=1S/C21H19F6N3O/c22-20(23,24)18-7-13(3-4-14(18)10-29)17-8-15(30-19(17)21(25,26)27)11-31-16-5-1-12(9-28)2-6-16/h1-7,15,17,19,30H,8-9,11,28H2/t15-,17?,19+/m0/s1. The van der Waals surface area contributed by atoms with Gasteiger partial charge in [-0.25, -0.2) is 0 Å². The molecule has 4 nitrogen and oxygen atoms in total. The third-order valence-corrected chi connectivity index (χ3v) is 5.22. The molecule has 31 heavy (non-hydrogen) atoms. The van der Waals surface area contributed by atoms with Crippen LogP contribution >= 0.6 is 0 Å². The summed E-state index contributed by atoms with van der Waals surface area (Å²) >= 11 is 0. The molecule has 0 aromatic heterocycles. The number of nitriles is 1. The molecule has 0 spiro atoms. The summed E-state index contributed by atoms with van der Waals surface area (Å²) in [5.74, 6) is -0.800. The van der Waals surface area contributed by atoms with E-state index in [0.717, 1.165) is 17.7 Å². The maximum absolute atomic E-state index is 13.6. The summed E-state index contributed by atoms with van der Waals surface area (Å²) in [6.45, 7) is 0.247. The van der Waals surface area contributed by atoms with Gasteiger partial charge in [0.2, 0.25) is 0 Å². The van der Waals surface area contributed by atoms with Gasteiger partial charge in [-0.05, 0) is 41.8 Å². The molecule has 0 saturated carbocycles. The molecule has 0 aliphatic carbocycles. The molecule has 1 saturated heterocycles. The highest BCUT2D eigenvalue weighted by molar-refractivity contribution is 5.43. The first-order chi connectivity index (χ1) is 14.5. The van der Waals surface area contributed by atoms with E-state index in [0.29, 0.717) is 18.4 Å². The highest BCUT2D eigenvalue weighted by Gasteiger charge is 2.51. The summed E-state index contributed by atoms with van der Waals surface area (Å²) in [6.07, 6.45) is -9.60. The maximum Gasteiger partial charge on any atom is 0.417 e. The zero-order valence-electron chi connectivity index (χ0n) is 16.1. The Kier molecular flexibility index (Phi) is 6.48. The van der Waals surface area contributed by atoms with Gasteiger partial charge in [0.25, 0.3) is 0 Å². The van der Waals surface area contributed by atoms with Crippen LogP contribution in [-0.4, -0.2) is 24.9 Å². The zero-order valence-corrected chi connectivity index (χ0v) is 16.1. The summed E-state index contributed by atoms with van der Waals surface area (Å²) in [7, 11) is 0. The van der Waals surface area contributed by atoms with Crippen LogP contribution in [0.4, 0.5) is 26.3 Å². The Morgan fingerprint density at radius 2 is 1.74 bits per heavy atom. The van der Waals surface area contributed by atoms with Crippen LogP contribution in [0.25, 0.3) is 0 Å². The van der Waals surface area contributed by atoms with Gasteiger partial charge in [0.05, 0.1) is 17.2 Å². The van der Waals surface area contributed by atoms with E-state index in [4.69, 9.17) is 15.7 Å². The van der Waals surface area contributed by atoms with Crippen LogP contribution in [0.3, 0.4) is 0 Å². The number of ether oxygens (including phenoxy) is 1. The number of nitrogens with zero attached hydrogens (tertiary/aromatic N) is 1. The lowest BCUT2D eigenvalue weighted by Crippen LogP contribution is -2.44. The first-order valence-corrected chi connectivity index (χ1v) is 9.38. The van der Waals surface area contributed by atoms with Crippen molar-refractivity contribution in [2.24, 2.45) is 5.73 Å². The molecule has 166 valence electrons. The molecule has 3 atom stereocenters. The number of nitrogens with two attached hydrogens (primary N) is 1. The smallest absolute Gasteiger partial charge is 0.417 e. The molecule has 1 aliphatic heterocycles. The maximum atomic E-state index is 13.6. The van der Waals surface area contributed by atoms with Gasteiger partial charge < -0.3 is 10.5 Å². The first kappa shape index (κ1) is 22.9. The normalized spacial score (nSPS) is 21.7. The largest absolute Gasteiger partial charge is 0.492 e. The molecule has 1 aliphatic rings. The summed E-state index contributed by atoms with van der Waals surface area (Å²) in [6, 6.07) is 8.12. The van der Waals surface area contributed by atoms with Gasteiger partial charge in [-0.3, -0.25) is 5.32 Å². The van der Waals surface area contributed by atoms with E-state index >= 15 is 0 Å². The Morgan fingerprint density at radius 1 is 1.06 bits per heavy atom. The third kappa shape index (κ3) is 5.29. The van der Waals surface area contributed by atoms with E-state index in [2.05, 4.69) is 5.32 Å². The molecule has 2 aromatic rings. The fraction of sp³-hybridized carbons (Fsp3) is 0.381. The molecule has 3 rings (SSSR count). The van der Waals surface area contributed by atoms with Crippen molar-refractivity contribution in [3.63, 3.8) is 0 Å². The van der Waals surface area contributed by atoms with Gasteiger partial charge in [0.15, 0.2) is 0 Å². The predicted octanol–water partition coefficient (Wildman–Crippen LogP) is 4.49. The molecule has 1 fully saturated rings. The van der Waals surface area contributed by atoms with Gasteiger partial charge in [-0.15, -0.1) is 0 Å². The Hall–Kier alpha value is -2.77. The average Bonchev–Trinajstić information content (AvgIpc) is 3.16. The van der Waals surface area contributed by atoms with E-state index < -0.39 is 41.5 Å². The lowest BCUT2D eigenvalue weighted by atomic mass is 9.88. The monoisotopic (exact) mass is 443 g/mol. The minimum Gasteiger partial charge on any atom is -0.492 e. The van der Waals surface area contributed by atoms with Crippen LogP contribution in [-0.2, 0) is 12.7 Å². The lowest BCUT2D eigenvalue weighted by Gasteiger charge is -2.23. The van der Waals surface area contributed by atoms with Crippen LogP contribution in [0.5, 0.6) is 5.75 Å². The topological polar surface area (TPSA) is 71.1 Å². The van der Waals surface area contributed by atoms with E-state index in [-0.39, 0.29) is 18.6 Å². The lowest BCUT2D eigenvalue weighted by molar-refractivity contribution is -0.156. The zero-order chi connectivity index (χ0) is 22.8. The van der Waals surface area contributed by atoms with Crippen molar-refractivity contribution in [3.05, 3.63) is 64.7 Å². The van der Waals surface area contributed by atoms with Crippen LogP contribution in [0.15, 0.2) is 42.5 Å². The minimum atomic E-state index is -4.85. The molecular formula is C21H19F6N3O. The number of halogens is 6. The molecule has 1 unspecified atom stereocenters. The number of rotatable bonds is 5. The second-order valence-corrected chi connectivity index (χ2v) is 7.30. The number of alkyl halides is 6. The summed E-state index contributed by atoms with van der Waals surface area (Å²) in [5, 5.41) is 11.3. The molecule has 2 aromatic carbocycles. The molecule has 0 bridgehead atoms. The Bertz CT molecular complexity index is 950. The van der Waals surface area contributed by atoms with Crippen molar-refractivity contribution in [1.82, 2.24) is 5.32 Å². The van der Waals surface area contributed by atoms with Gasteiger partial charge in [0.1, 0.15) is 18.4 Å². The van der Waals surface area contributed by atoms with Crippen molar-refractivity contribution < 1.29 is 31.1 Å². The fourth-order valence-corrected chi connectivity index (χ4v) is 3.69. The van der Waals surface area contributed by atoms with E-state index in [1.54, 1.807) is 24.3 Å². The van der Waals surface area contributed by atoms with E-state index in [1.807, 2.05) is 0 Å². The highest BCUT2D eigenvalue weighted by Crippen LogP contribution is 2.42. The van der Waals surface area contributed by atoms with Crippen molar-refractivity contribution in [3.8, 4) is 11.8 Å². The quantitative estimate of drug-likeness (QED) is 0.668. The van der Waals surface area contributed by atoms with Gasteiger partial charge in [-0.2, -0.15) is 31.6 Å². The van der Waals surface area contributed by atoms with Crippen LogP contribution < -0.4 is 15.8 Å². The highest BCUT2D eigenvalue weighted by atomic mass is 19.4. The van der Waals surface area contributed by atoms with Crippen LogP contribution in [0, 0.1) is 11.3 Å². The van der Waals surface area contributed by atoms with Gasteiger partial charge in [-0.1, -0.05) is 18.2 Å². The molecule has 1 heterocycles. The Balaban J connectivity index is 1.81. The molecule has 3 N–H and O–H groups in total.